The summed E-state index contributed by atoms with van der Waals surface area (Å²) in [5.41, 5.74) is 5.02. The highest BCUT2D eigenvalue weighted by atomic mass is 79.9. The van der Waals surface area contributed by atoms with Crippen LogP contribution < -0.4 is 0 Å². The Morgan fingerprint density at radius 2 is 1.95 bits per heavy atom. The van der Waals surface area contributed by atoms with E-state index in [-0.39, 0.29) is 0 Å². The first-order valence-electron chi connectivity index (χ1n) is 6.78. The lowest BCUT2D eigenvalue weighted by Crippen LogP contribution is -2.05. The van der Waals surface area contributed by atoms with Crippen molar-refractivity contribution in [2.75, 3.05) is 5.88 Å². The van der Waals surface area contributed by atoms with Crippen LogP contribution in [0.5, 0.6) is 0 Å². The maximum absolute atomic E-state index is 5.94. The maximum atomic E-state index is 5.94. The zero-order chi connectivity index (χ0) is 15.0. The molecule has 0 spiro atoms. The van der Waals surface area contributed by atoms with Crippen LogP contribution in [-0.4, -0.2) is 20.4 Å². The molecule has 5 heteroatoms. The molecule has 0 saturated heterocycles. The van der Waals surface area contributed by atoms with E-state index in [1.807, 2.05) is 31.2 Å². The molecule has 0 aliphatic rings. The molecule has 0 atom stereocenters. The Morgan fingerprint density at radius 3 is 2.71 bits per heavy atom. The van der Waals surface area contributed by atoms with E-state index in [1.165, 1.54) is 0 Å². The van der Waals surface area contributed by atoms with Gasteiger partial charge in [-0.2, -0.15) is 0 Å². The van der Waals surface area contributed by atoms with Gasteiger partial charge in [-0.1, -0.05) is 22.0 Å². The van der Waals surface area contributed by atoms with Crippen LogP contribution in [0.3, 0.4) is 0 Å². The van der Waals surface area contributed by atoms with E-state index >= 15 is 0 Å². The largest absolute Gasteiger partial charge is 0.280 e. The Labute approximate surface area is 137 Å². The summed E-state index contributed by atoms with van der Waals surface area (Å²) in [6.07, 6.45) is 0.711. The summed E-state index contributed by atoms with van der Waals surface area (Å²) in [4.78, 5) is 9.36. The van der Waals surface area contributed by atoms with Gasteiger partial charge in [0.15, 0.2) is 5.65 Å². The third kappa shape index (κ3) is 2.58. The Hall–Kier alpha value is -1.39. The fraction of sp³-hybridized carbons (Fsp3) is 0.250. The van der Waals surface area contributed by atoms with Gasteiger partial charge in [-0.25, -0.2) is 9.97 Å². The van der Waals surface area contributed by atoms with E-state index in [0.717, 1.165) is 38.4 Å². The van der Waals surface area contributed by atoms with Gasteiger partial charge in [0.25, 0.3) is 0 Å². The number of fused-ring (bicyclic) bond motifs is 1. The molecule has 0 bridgehead atoms. The molecule has 2 heterocycles. The van der Waals surface area contributed by atoms with Crippen molar-refractivity contribution in [3.63, 3.8) is 0 Å². The number of imidazole rings is 1. The van der Waals surface area contributed by atoms with Crippen molar-refractivity contribution in [3.05, 3.63) is 51.9 Å². The van der Waals surface area contributed by atoms with Crippen molar-refractivity contribution >= 4 is 38.7 Å². The number of halogens is 2. The van der Waals surface area contributed by atoms with Crippen molar-refractivity contribution in [2.45, 2.75) is 20.3 Å². The molecule has 0 aliphatic heterocycles. The molecular weight excluding hydrogens is 350 g/mol. The Bertz CT molecular complexity index is 811. The fourth-order valence-corrected chi connectivity index (χ4v) is 2.97. The monoisotopic (exact) mass is 363 g/mol. The molecular formula is C16H15BrClN3. The first-order valence-corrected chi connectivity index (χ1v) is 8.11. The summed E-state index contributed by atoms with van der Waals surface area (Å²) >= 11 is 9.54. The summed E-state index contributed by atoms with van der Waals surface area (Å²) in [5, 5.41) is 0. The Morgan fingerprint density at radius 1 is 1.14 bits per heavy atom. The zero-order valence-corrected chi connectivity index (χ0v) is 14.2. The van der Waals surface area contributed by atoms with E-state index in [4.69, 9.17) is 16.6 Å². The van der Waals surface area contributed by atoms with Gasteiger partial charge in [-0.05, 0) is 43.7 Å². The summed E-state index contributed by atoms with van der Waals surface area (Å²) in [6, 6.07) is 10.1. The Balaban J connectivity index is 2.35. The molecule has 0 N–H and O–H groups in total. The fourth-order valence-electron chi connectivity index (χ4n) is 2.44. The molecule has 0 amide bonds. The highest BCUT2D eigenvalue weighted by molar-refractivity contribution is 9.10. The summed E-state index contributed by atoms with van der Waals surface area (Å²) in [7, 11) is 0. The summed E-state index contributed by atoms with van der Waals surface area (Å²) < 4.78 is 3.19. The molecule has 21 heavy (non-hydrogen) atoms. The average Bonchev–Trinajstić information content (AvgIpc) is 2.80. The van der Waals surface area contributed by atoms with E-state index in [9.17, 15) is 0 Å². The molecule has 3 nitrogen and oxygen atoms in total. The number of aryl methyl sites for hydroxylation is 2. The molecule has 0 unspecified atom stereocenters. The van der Waals surface area contributed by atoms with Crippen LogP contribution in [0.15, 0.2) is 34.8 Å². The second-order valence-electron chi connectivity index (χ2n) is 4.98. The molecule has 3 rings (SSSR count). The van der Waals surface area contributed by atoms with Gasteiger partial charge in [0, 0.05) is 22.5 Å². The van der Waals surface area contributed by atoms with Crippen molar-refractivity contribution < 1.29 is 0 Å². The highest BCUT2D eigenvalue weighted by Crippen LogP contribution is 2.27. The summed E-state index contributed by atoms with van der Waals surface area (Å²) in [5.74, 6) is 1.48. The minimum absolute atomic E-state index is 0.537. The van der Waals surface area contributed by atoms with E-state index in [1.54, 1.807) is 0 Å². The lowest BCUT2D eigenvalue weighted by molar-refractivity contribution is 0.897. The zero-order valence-electron chi connectivity index (χ0n) is 11.9. The van der Waals surface area contributed by atoms with Crippen molar-refractivity contribution in [3.8, 4) is 5.69 Å². The number of benzene rings is 1. The van der Waals surface area contributed by atoms with Gasteiger partial charge in [-0.15, -0.1) is 11.6 Å². The van der Waals surface area contributed by atoms with Crippen LogP contribution in [0.4, 0.5) is 0 Å². The predicted octanol–water partition coefficient (Wildman–Crippen LogP) is 4.58. The average molecular weight is 365 g/mol. The lowest BCUT2D eigenvalue weighted by atomic mass is 10.2. The smallest absolute Gasteiger partial charge is 0.164 e. The third-order valence-electron chi connectivity index (χ3n) is 3.51. The number of pyridine rings is 1. The van der Waals surface area contributed by atoms with E-state index in [0.29, 0.717) is 12.3 Å². The number of hydrogen-bond acceptors (Lipinski definition) is 2. The molecule has 0 fully saturated rings. The summed E-state index contributed by atoms with van der Waals surface area (Å²) in [6.45, 7) is 4.08. The second-order valence-corrected chi connectivity index (χ2v) is 6.21. The number of nitrogens with zero attached hydrogens (tertiary/aromatic N) is 3. The van der Waals surface area contributed by atoms with E-state index in [2.05, 4.69) is 38.5 Å². The van der Waals surface area contributed by atoms with Gasteiger partial charge in [0.1, 0.15) is 11.3 Å². The van der Waals surface area contributed by atoms with Crippen LogP contribution in [0.1, 0.15) is 17.1 Å². The second kappa shape index (κ2) is 5.78. The van der Waals surface area contributed by atoms with Crippen LogP contribution >= 0.6 is 27.5 Å². The molecule has 3 aromatic rings. The first-order chi connectivity index (χ1) is 10.1. The highest BCUT2D eigenvalue weighted by Gasteiger charge is 2.15. The topological polar surface area (TPSA) is 30.7 Å². The van der Waals surface area contributed by atoms with Crippen molar-refractivity contribution in [2.24, 2.45) is 0 Å². The number of aromatic nitrogens is 3. The minimum Gasteiger partial charge on any atom is -0.280 e. The van der Waals surface area contributed by atoms with Gasteiger partial charge in [0.05, 0.1) is 5.69 Å². The van der Waals surface area contributed by atoms with Crippen LogP contribution in [0, 0.1) is 13.8 Å². The maximum Gasteiger partial charge on any atom is 0.164 e. The Kier molecular flexibility index (Phi) is 4.00. The SMILES string of the molecule is Cc1ccc2nc(CCCl)n(-c3cccc(Br)c3C)c2n1. The molecule has 0 saturated carbocycles. The predicted molar refractivity (Wildman–Crippen MR) is 90.5 cm³/mol. The van der Waals surface area contributed by atoms with E-state index < -0.39 is 0 Å². The third-order valence-corrected chi connectivity index (χ3v) is 4.56. The van der Waals surface area contributed by atoms with Gasteiger partial charge >= 0.3 is 0 Å². The van der Waals surface area contributed by atoms with Crippen LogP contribution in [0.25, 0.3) is 16.9 Å². The number of hydrogen-bond donors (Lipinski definition) is 0. The van der Waals surface area contributed by atoms with Gasteiger partial charge in [0.2, 0.25) is 0 Å². The van der Waals surface area contributed by atoms with Crippen LogP contribution in [-0.2, 0) is 6.42 Å². The molecule has 1 aromatic carbocycles. The number of rotatable bonds is 3. The minimum atomic E-state index is 0.537. The quantitative estimate of drug-likeness (QED) is 0.637. The van der Waals surface area contributed by atoms with Crippen molar-refractivity contribution in [1.29, 1.82) is 0 Å². The molecule has 0 radical (unpaired) electrons. The standard InChI is InChI=1S/C16H15BrClN3/c1-10-6-7-13-16(19-10)21(15(20-13)8-9-18)14-5-3-4-12(17)11(14)2/h3-7H,8-9H2,1-2H3. The number of alkyl halides is 1. The first kappa shape index (κ1) is 14.5. The molecule has 108 valence electrons. The van der Waals surface area contributed by atoms with Crippen molar-refractivity contribution in [1.82, 2.24) is 14.5 Å². The molecule has 2 aromatic heterocycles. The van der Waals surface area contributed by atoms with Gasteiger partial charge in [-0.3, -0.25) is 4.57 Å². The molecule has 0 aliphatic carbocycles. The van der Waals surface area contributed by atoms with Gasteiger partial charge < -0.3 is 0 Å². The van der Waals surface area contributed by atoms with Crippen LogP contribution in [0.2, 0.25) is 0 Å². The normalized spacial score (nSPS) is 11.2. The lowest BCUT2D eigenvalue weighted by Gasteiger charge is -2.12.